The van der Waals surface area contributed by atoms with Crippen LogP contribution in [0.1, 0.15) is 24.5 Å². The van der Waals surface area contributed by atoms with Crippen molar-refractivity contribution in [1.82, 2.24) is 9.62 Å². The Hall–Kier alpha value is -1.17. The van der Waals surface area contributed by atoms with Gasteiger partial charge in [-0.25, -0.2) is 8.42 Å². The summed E-state index contributed by atoms with van der Waals surface area (Å²) in [5.41, 5.74) is 3.43. The van der Waals surface area contributed by atoms with Gasteiger partial charge in [-0.05, 0) is 36.6 Å². The molecule has 0 amide bonds. The maximum atomic E-state index is 12.6. The number of rotatable bonds is 2. The van der Waals surface area contributed by atoms with Crippen LogP contribution in [0.3, 0.4) is 0 Å². The van der Waals surface area contributed by atoms with Gasteiger partial charge in [0.2, 0.25) is 10.0 Å². The third-order valence-corrected chi connectivity index (χ3v) is 5.58. The molecule has 0 atom stereocenters. The van der Waals surface area contributed by atoms with E-state index in [1.54, 1.807) is 10.4 Å². The highest BCUT2D eigenvalue weighted by Crippen LogP contribution is 2.24. The smallest absolute Gasteiger partial charge is 0.243 e. The third-order valence-electron chi connectivity index (χ3n) is 3.74. The Morgan fingerprint density at radius 1 is 1.21 bits per heavy atom. The summed E-state index contributed by atoms with van der Waals surface area (Å²) in [5.74, 6) is 0. The Labute approximate surface area is 114 Å². The van der Waals surface area contributed by atoms with Crippen LogP contribution in [0.4, 0.5) is 0 Å². The zero-order valence-electron chi connectivity index (χ0n) is 11.0. The van der Waals surface area contributed by atoms with Gasteiger partial charge in [0.05, 0.1) is 4.90 Å². The Bertz CT molecular complexity index is 635. The fourth-order valence-electron chi connectivity index (χ4n) is 2.66. The molecule has 0 spiro atoms. The lowest BCUT2D eigenvalue weighted by Gasteiger charge is -2.25. The molecule has 1 aromatic rings. The van der Waals surface area contributed by atoms with Crippen molar-refractivity contribution in [3.05, 3.63) is 41.0 Å². The van der Waals surface area contributed by atoms with Gasteiger partial charge in [0, 0.05) is 26.2 Å². The Morgan fingerprint density at radius 3 is 2.79 bits per heavy atom. The SMILES string of the molecule is CC1=CCCN(S(=O)(=O)c2ccc3c(c2)CNC3)C1. The minimum atomic E-state index is -3.35. The minimum Gasteiger partial charge on any atom is -0.309 e. The van der Waals surface area contributed by atoms with E-state index >= 15 is 0 Å². The van der Waals surface area contributed by atoms with E-state index in [4.69, 9.17) is 0 Å². The number of benzene rings is 1. The number of sulfonamides is 1. The fraction of sp³-hybridized carbons (Fsp3) is 0.429. The topological polar surface area (TPSA) is 49.4 Å². The summed E-state index contributed by atoms with van der Waals surface area (Å²) in [6, 6.07) is 5.47. The highest BCUT2D eigenvalue weighted by molar-refractivity contribution is 7.89. The van der Waals surface area contributed by atoms with E-state index in [1.165, 1.54) is 5.56 Å². The quantitative estimate of drug-likeness (QED) is 0.837. The molecule has 0 bridgehead atoms. The lowest BCUT2D eigenvalue weighted by Crippen LogP contribution is -2.35. The number of nitrogens with zero attached hydrogens (tertiary/aromatic N) is 1. The van der Waals surface area contributed by atoms with Crippen LogP contribution in [-0.2, 0) is 23.1 Å². The van der Waals surface area contributed by atoms with E-state index in [0.29, 0.717) is 18.0 Å². The van der Waals surface area contributed by atoms with Gasteiger partial charge in [0.1, 0.15) is 0 Å². The summed E-state index contributed by atoms with van der Waals surface area (Å²) in [6.07, 6.45) is 2.91. The van der Waals surface area contributed by atoms with Crippen LogP contribution in [0.5, 0.6) is 0 Å². The normalized spacial score (nSPS) is 20.2. The molecule has 2 aliphatic rings. The summed E-state index contributed by atoms with van der Waals surface area (Å²) in [6.45, 7) is 4.67. The van der Waals surface area contributed by atoms with Gasteiger partial charge in [-0.3, -0.25) is 0 Å². The molecule has 3 rings (SSSR count). The third kappa shape index (κ3) is 2.33. The number of hydrogen-bond acceptors (Lipinski definition) is 3. The molecule has 0 aliphatic carbocycles. The zero-order valence-corrected chi connectivity index (χ0v) is 11.8. The first-order valence-corrected chi connectivity index (χ1v) is 8.00. The van der Waals surface area contributed by atoms with Gasteiger partial charge in [-0.1, -0.05) is 17.7 Å². The molecule has 4 nitrogen and oxygen atoms in total. The van der Waals surface area contributed by atoms with Crippen LogP contribution in [0.25, 0.3) is 0 Å². The molecule has 0 fully saturated rings. The lowest BCUT2D eigenvalue weighted by atomic mass is 10.1. The van der Waals surface area contributed by atoms with E-state index in [-0.39, 0.29) is 0 Å². The molecular formula is C14H18N2O2S. The van der Waals surface area contributed by atoms with Gasteiger partial charge in [0.15, 0.2) is 0 Å². The molecular weight excluding hydrogens is 260 g/mol. The maximum absolute atomic E-state index is 12.6. The summed E-state index contributed by atoms with van der Waals surface area (Å²) in [4.78, 5) is 0.421. The van der Waals surface area contributed by atoms with Crippen molar-refractivity contribution in [3.8, 4) is 0 Å². The molecule has 1 N–H and O–H groups in total. The molecule has 1 aromatic carbocycles. The van der Waals surface area contributed by atoms with Crippen molar-refractivity contribution in [2.45, 2.75) is 31.3 Å². The fourth-order valence-corrected chi connectivity index (χ4v) is 4.21. The van der Waals surface area contributed by atoms with Gasteiger partial charge < -0.3 is 5.32 Å². The van der Waals surface area contributed by atoms with Gasteiger partial charge in [-0.2, -0.15) is 4.31 Å². The summed E-state index contributed by atoms with van der Waals surface area (Å²) in [7, 11) is -3.35. The second kappa shape index (κ2) is 4.74. The molecule has 0 aromatic heterocycles. The van der Waals surface area contributed by atoms with Crippen LogP contribution in [0.15, 0.2) is 34.7 Å². The van der Waals surface area contributed by atoms with E-state index in [2.05, 4.69) is 11.4 Å². The Kier molecular flexibility index (Phi) is 3.20. The van der Waals surface area contributed by atoms with Crippen molar-refractivity contribution in [3.63, 3.8) is 0 Å². The number of fused-ring (bicyclic) bond motifs is 1. The van der Waals surface area contributed by atoms with Crippen LogP contribution in [-0.4, -0.2) is 25.8 Å². The average molecular weight is 278 g/mol. The van der Waals surface area contributed by atoms with Gasteiger partial charge in [0.25, 0.3) is 0 Å². The van der Waals surface area contributed by atoms with Crippen molar-refractivity contribution in [2.75, 3.05) is 13.1 Å². The first-order valence-electron chi connectivity index (χ1n) is 6.56. The van der Waals surface area contributed by atoms with E-state index in [9.17, 15) is 8.42 Å². The molecule has 19 heavy (non-hydrogen) atoms. The molecule has 102 valence electrons. The highest BCUT2D eigenvalue weighted by atomic mass is 32.2. The van der Waals surface area contributed by atoms with Crippen LogP contribution < -0.4 is 5.32 Å². The number of nitrogens with one attached hydrogen (secondary N) is 1. The van der Waals surface area contributed by atoms with Crippen LogP contribution in [0, 0.1) is 0 Å². The predicted octanol–water partition coefficient (Wildman–Crippen LogP) is 1.63. The summed E-state index contributed by atoms with van der Waals surface area (Å²) in [5, 5.41) is 3.24. The first-order chi connectivity index (χ1) is 9.07. The average Bonchev–Trinajstić information content (AvgIpc) is 2.85. The monoisotopic (exact) mass is 278 g/mol. The van der Waals surface area contributed by atoms with E-state index in [0.717, 1.165) is 30.6 Å². The van der Waals surface area contributed by atoms with Gasteiger partial charge >= 0.3 is 0 Å². The standard InChI is InChI=1S/C14H18N2O2S/c1-11-3-2-6-16(10-11)19(17,18)14-5-4-12-8-15-9-13(12)7-14/h3-5,7,15H,2,6,8-10H2,1H3. The first kappa shape index (κ1) is 12.8. The van der Waals surface area contributed by atoms with Crippen molar-refractivity contribution >= 4 is 10.0 Å². The summed E-state index contributed by atoms with van der Waals surface area (Å²) >= 11 is 0. The second-order valence-electron chi connectivity index (χ2n) is 5.21. The zero-order chi connectivity index (χ0) is 13.5. The molecule has 2 heterocycles. The summed E-state index contributed by atoms with van der Waals surface area (Å²) < 4.78 is 26.8. The van der Waals surface area contributed by atoms with Crippen molar-refractivity contribution in [2.24, 2.45) is 0 Å². The molecule has 0 unspecified atom stereocenters. The Morgan fingerprint density at radius 2 is 2.00 bits per heavy atom. The predicted molar refractivity (Wildman–Crippen MR) is 74.1 cm³/mol. The molecule has 5 heteroatoms. The minimum absolute atomic E-state index is 0.421. The van der Waals surface area contributed by atoms with Crippen LogP contribution >= 0.6 is 0 Å². The molecule has 0 radical (unpaired) electrons. The van der Waals surface area contributed by atoms with E-state index in [1.807, 2.05) is 19.1 Å². The van der Waals surface area contributed by atoms with Crippen LogP contribution in [0.2, 0.25) is 0 Å². The van der Waals surface area contributed by atoms with Gasteiger partial charge in [-0.15, -0.1) is 0 Å². The highest BCUT2D eigenvalue weighted by Gasteiger charge is 2.27. The Balaban J connectivity index is 1.94. The molecule has 0 saturated carbocycles. The number of hydrogen-bond donors (Lipinski definition) is 1. The van der Waals surface area contributed by atoms with E-state index < -0.39 is 10.0 Å². The van der Waals surface area contributed by atoms with Crippen molar-refractivity contribution in [1.29, 1.82) is 0 Å². The second-order valence-corrected chi connectivity index (χ2v) is 7.15. The lowest BCUT2D eigenvalue weighted by molar-refractivity contribution is 0.428. The molecule has 2 aliphatic heterocycles. The maximum Gasteiger partial charge on any atom is 0.243 e. The largest absolute Gasteiger partial charge is 0.309 e. The molecule has 0 saturated heterocycles. The van der Waals surface area contributed by atoms with Crippen molar-refractivity contribution < 1.29 is 8.42 Å².